The Morgan fingerprint density at radius 2 is 2.06 bits per heavy atom. The monoisotopic (exact) mass is 283 g/mol. The smallest absolute Gasteiger partial charge is 0.327 e. The summed E-state index contributed by atoms with van der Waals surface area (Å²) in [5.41, 5.74) is 0.543. The first-order valence-corrected chi connectivity index (χ1v) is 7.77. The van der Waals surface area contributed by atoms with Crippen LogP contribution < -0.4 is 0 Å². The second-order valence-electron chi connectivity index (χ2n) is 3.86. The third kappa shape index (κ3) is 2.64. The predicted octanol–water partition coefficient (Wildman–Crippen LogP) is 2.01. The molecule has 0 spiro atoms. The van der Waals surface area contributed by atoms with Crippen molar-refractivity contribution in [2.75, 3.05) is 17.9 Å². The van der Waals surface area contributed by atoms with Gasteiger partial charge in [0, 0.05) is 16.2 Å². The van der Waals surface area contributed by atoms with Gasteiger partial charge in [-0.05, 0) is 30.5 Å². The Morgan fingerprint density at radius 1 is 1.39 bits per heavy atom. The van der Waals surface area contributed by atoms with E-state index in [4.69, 9.17) is 5.11 Å². The maximum Gasteiger partial charge on any atom is 0.327 e. The molecule has 6 heteroatoms. The highest BCUT2D eigenvalue weighted by molar-refractivity contribution is 7.99. The summed E-state index contributed by atoms with van der Waals surface area (Å²) in [6.45, 7) is 0. The summed E-state index contributed by atoms with van der Waals surface area (Å²) in [6, 6.07) is 6.53. The van der Waals surface area contributed by atoms with E-state index in [0.717, 1.165) is 4.90 Å². The van der Waals surface area contributed by atoms with Gasteiger partial charge in [-0.3, -0.25) is 4.79 Å². The Morgan fingerprint density at radius 3 is 2.61 bits per heavy atom. The fourth-order valence-corrected chi connectivity index (χ4v) is 3.30. The predicted molar refractivity (Wildman–Crippen MR) is 73.1 cm³/mol. The first kappa shape index (κ1) is 13.3. The first-order chi connectivity index (χ1) is 8.63. The van der Waals surface area contributed by atoms with Gasteiger partial charge in [-0.25, -0.2) is 4.79 Å². The van der Waals surface area contributed by atoms with Crippen LogP contribution in [0, 0.1) is 0 Å². The quantitative estimate of drug-likeness (QED) is 0.860. The summed E-state index contributed by atoms with van der Waals surface area (Å²) in [5, 5.41) is 9.05. The minimum atomic E-state index is -0.936. The van der Waals surface area contributed by atoms with Crippen molar-refractivity contribution in [3.8, 4) is 0 Å². The van der Waals surface area contributed by atoms with Gasteiger partial charge in [0.05, 0.1) is 5.88 Å². The van der Waals surface area contributed by atoms with Crippen LogP contribution in [-0.2, 0) is 4.79 Å². The van der Waals surface area contributed by atoms with E-state index < -0.39 is 12.0 Å². The van der Waals surface area contributed by atoms with Crippen molar-refractivity contribution in [2.24, 2.45) is 0 Å². The van der Waals surface area contributed by atoms with E-state index in [1.807, 2.05) is 18.4 Å². The summed E-state index contributed by atoms with van der Waals surface area (Å²) >= 11 is 3.07. The minimum absolute atomic E-state index is 0.208. The van der Waals surface area contributed by atoms with Crippen LogP contribution in [0.3, 0.4) is 0 Å². The highest BCUT2D eigenvalue weighted by atomic mass is 32.2. The zero-order valence-electron chi connectivity index (χ0n) is 9.83. The van der Waals surface area contributed by atoms with Gasteiger partial charge in [-0.2, -0.15) is 0 Å². The van der Waals surface area contributed by atoms with Crippen molar-refractivity contribution >= 4 is 35.4 Å². The summed E-state index contributed by atoms with van der Waals surface area (Å²) in [6.07, 6.45) is 1.97. The number of hydrogen-bond donors (Lipinski definition) is 1. The van der Waals surface area contributed by atoms with E-state index in [0.29, 0.717) is 17.2 Å². The molecule has 1 aromatic rings. The Kier molecular flexibility index (Phi) is 4.19. The molecule has 1 heterocycles. The highest BCUT2D eigenvalue weighted by Gasteiger charge is 2.34. The number of carboxylic acids is 1. The lowest BCUT2D eigenvalue weighted by molar-refractivity contribution is -0.140. The molecule has 18 heavy (non-hydrogen) atoms. The second kappa shape index (κ2) is 5.67. The summed E-state index contributed by atoms with van der Waals surface area (Å²) < 4.78 is 0. The SMILES string of the molecule is CSc1ccc(C(=O)N2CSCC2C(=O)O)cc1. The molecule has 4 nitrogen and oxygen atoms in total. The maximum absolute atomic E-state index is 12.2. The van der Waals surface area contributed by atoms with Crippen LogP contribution in [0.1, 0.15) is 10.4 Å². The highest BCUT2D eigenvalue weighted by Crippen LogP contribution is 2.24. The van der Waals surface area contributed by atoms with Gasteiger partial charge in [0.1, 0.15) is 6.04 Å². The molecule has 1 saturated heterocycles. The summed E-state index contributed by atoms with van der Waals surface area (Å²) in [7, 11) is 0. The molecular weight excluding hydrogens is 270 g/mol. The van der Waals surface area contributed by atoms with Crippen molar-refractivity contribution in [1.82, 2.24) is 4.90 Å². The number of rotatable bonds is 3. The van der Waals surface area contributed by atoms with E-state index in [1.54, 1.807) is 23.9 Å². The van der Waals surface area contributed by atoms with E-state index in [-0.39, 0.29) is 5.91 Å². The van der Waals surface area contributed by atoms with Crippen LogP contribution in [0.15, 0.2) is 29.2 Å². The summed E-state index contributed by atoms with van der Waals surface area (Å²) in [4.78, 5) is 25.7. The number of hydrogen-bond acceptors (Lipinski definition) is 4. The van der Waals surface area contributed by atoms with Crippen molar-refractivity contribution < 1.29 is 14.7 Å². The average molecular weight is 283 g/mol. The molecule has 1 aliphatic heterocycles. The molecular formula is C12H13NO3S2. The van der Waals surface area contributed by atoms with Gasteiger partial charge < -0.3 is 10.0 Å². The fraction of sp³-hybridized carbons (Fsp3) is 0.333. The van der Waals surface area contributed by atoms with Gasteiger partial charge >= 0.3 is 5.97 Å². The molecule has 1 aromatic carbocycles. The van der Waals surface area contributed by atoms with Crippen LogP contribution in [0.25, 0.3) is 0 Å². The molecule has 0 bridgehead atoms. The van der Waals surface area contributed by atoms with E-state index in [2.05, 4.69) is 0 Å². The molecule has 1 unspecified atom stereocenters. The molecule has 1 aliphatic rings. The third-order valence-electron chi connectivity index (χ3n) is 2.77. The number of benzene rings is 1. The number of amides is 1. The lowest BCUT2D eigenvalue weighted by Gasteiger charge is -2.20. The number of nitrogens with zero attached hydrogens (tertiary/aromatic N) is 1. The molecule has 1 fully saturated rings. The molecule has 1 amide bonds. The van der Waals surface area contributed by atoms with Gasteiger partial charge in [0.2, 0.25) is 0 Å². The zero-order chi connectivity index (χ0) is 13.1. The molecule has 96 valence electrons. The van der Waals surface area contributed by atoms with Crippen molar-refractivity contribution in [2.45, 2.75) is 10.9 Å². The number of carbonyl (C=O) groups is 2. The zero-order valence-corrected chi connectivity index (χ0v) is 11.5. The third-order valence-corrected chi connectivity index (χ3v) is 4.52. The molecule has 0 aromatic heterocycles. The van der Waals surface area contributed by atoms with Crippen molar-refractivity contribution in [3.05, 3.63) is 29.8 Å². The van der Waals surface area contributed by atoms with Gasteiger partial charge in [-0.1, -0.05) is 0 Å². The Bertz CT molecular complexity index is 461. The standard InChI is InChI=1S/C12H13NO3S2/c1-17-9-4-2-8(3-5-9)11(14)13-7-18-6-10(13)12(15)16/h2-5,10H,6-7H2,1H3,(H,15,16). The van der Waals surface area contributed by atoms with Gasteiger partial charge in [0.15, 0.2) is 0 Å². The fourth-order valence-electron chi connectivity index (χ4n) is 1.75. The Balaban J connectivity index is 2.17. The number of thioether (sulfide) groups is 2. The lowest BCUT2D eigenvalue weighted by Crippen LogP contribution is -2.41. The van der Waals surface area contributed by atoms with E-state index >= 15 is 0 Å². The maximum atomic E-state index is 12.2. The van der Waals surface area contributed by atoms with E-state index in [1.165, 1.54) is 16.7 Å². The van der Waals surface area contributed by atoms with Crippen LogP contribution >= 0.6 is 23.5 Å². The Labute approximate surface area is 114 Å². The van der Waals surface area contributed by atoms with Crippen molar-refractivity contribution in [3.63, 3.8) is 0 Å². The molecule has 0 radical (unpaired) electrons. The summed E-state index contributed by atoms with van der Waals surface area (Å²) in [5.74, 6) is -0.238. The largest absolute Gasteiger partial charge is 0.480 e. The van der Waals surface area contributed by atoms with Crippen LogP contribution in [0.4, 0.5) is 0 Å². The molecule has 0 aliphatic carbocycles. The van der Waals surface area contributed by atoms with Gasteiger partial charge in [0.25, 0.3) is 5.91 Å². The average Bonchev–Trinajstić information content (AvgIpc) is 2.87. The molecule has 0 saturated carbocycles. The number of carboxylic acid groups (broad SMARTS) is 1. The molecule has 2 rings (SSSR count). The molecule has 1 N–H and O–H groups in total. The minimum Gasteiger partial charge on any atom is -0.480 e. The normalized spacial score (nSPS) is 18.9. The first-order valence-electron chi connectivity index (χ1n) is 5.39. The topological polar surface area (TPSA) is 57.6 Å². The van der Waals surface area contributed by atoms with Crippen LogP contribution in [-0.4, -0.2) is 45.8 Å². The van der Waals surface area contributed by atoms with E-state index in [9.17, 15) is 9.59 Å². The Hall–Kier alpha value is -1.14. The second-order valence-corrected chi connectivity index (χ2v) is 5.74. The lowest BCUT2D eigenvalue weighted by atomic mass is 10.2. The molecule has 1 atom stereocenters. The number of carbonyl (C=O) groups excluding carboxylic acids is 1. The van der Waals surface area contributed by atoms with Crippen LogP contribution in [0.2, 0.25) is 0 Å². The van der Waals surface area contributed by atoms with Crippen molar-refractivity contribution in [1.29, 1.82) is 0 Å². The number of aliphatic carboxylic acids is 1. The van der Waals surface area contributed by atoms with Crippen LogP contribution in [0.5, 0.6) is 0 Å². The van der Waals surface area contributed by atoms with Gasteiger partial charge in [-0.15, -0.1) is 23.5 Å².